The molecule has 0 aromatic carbocycles. The maximum atomic E-state index is 10.9. The molecule has 0 atom stereocenters. The Balaban J connectivity index is 2.40. The molecule has 0 radical (unpaired) electrons. The van der Waals surface area contributed by atoms with Crippen LogP contribution in [0.1, 0.15) is 51.4 Å². The van der Waals surface area contributed by atoms with Crippen molar-refractivity contribution in [2.24, 2.45) is 5.92 Å². The Bertz CT molecular complexity index is 301. The molecular formula is C13H20O4. The third-order valence-electron chi connectivity index (χ3n) is 3.34. The zero-order valence-corrected chi connectivity index (χ0v) is 10.0. The van der Waals surface area contributed by atoms with E-state index in [1.807, 2.05) is 0 Å². The van der Waals surface area contributed by atoms with Gasteiger partial charge in [-0.3, -0.25) is 4.79 Å². The molecule has 0 aliphatic heterocycles. The highest BCUT2D eigenvalue weighted by Gasteiger charge is 2.16. The second-order valence-electron chi connectivity index (χ2n) is 4.68. The summed E-state index contributed by atoms with van der Waals surface area (Å²) in [6.45, 7) is 0. The fraction of sp³-hybridized carbons (Fsp3) is 0.692. The van der Waals surface area contributed by atoms with Crippen LogP contribution in [0.15, 0.2) is 11.6 Å². The number of rotatable bonds is 6. The molecule has 0 bridgehead atoms. The second-order valence-corrected chi connectivity index (χ2v) is 4.68. The van der Waals surface area contributed by atoms with E-state index in [1.54, 1.807) is 0 Å². The number of hydrogen-bond acceptors (Lipinski definition) is 2. The molecule has 1 rings (SSSR count). The lowest BCUT2D eigenvalue weighted by Crippen LogP contribution is -2.09. The first-order valence-electron chi connectivity index (χ1n) is 6.23. The van der Waals surface area contributed by atoms with Gasteiger partial charge in [-0.2, -0.15) is 0 Å². The average molecular weight is 240 g/mol. The van der Waals surface area contributed by atoms with E-state index in [0.29, 0.717) is 12.3 Å². The molecule has 2 N–H and O–H groups in total. The molecule has 0 aromatic rings. The van der Waals surface area contributed by atoms with Gasteiger partial charge < -0.3 is 10.2 Å². The molecule has 0 spiro atoms. The summed E-state index contributed by atoms with van der Waals surface area (Å²) in [7, 11) is 0. The van der Waals surface area contributed by atoms with Crippen LogP contribution < -0.4 is 0 Å². The summed E-state index contributed by atoms with van der Waals surface area (Å²) in [5.41, 5.74) is 0.248. The monoisotopic (exact) mass is 240 g/mol. The van der Waals surface area contributed by atoms with Crippen LogP contribution in [-0.2, 0) is 9.59 Å². The third-order valence-corrected chi connectivity index (χ3v) is 3.34. The summed E-state index contributed by atoms with van der Waals surface area (Å²) in [4.78, 5) is 21.3. The maximum absolute atomic E-state index is 10.9. The Labute approximate surface area is 101 Å². The second kappa shape index (κ2) is 7.09. The highest BCUT2D eigenvalue weighted by atomic mass is 16.4. The van der Waals surface area contributed by atoms with Gasteiger partial charge in [0.1, 0.15) is 0 Å². The summed E-state index contributed by atoms with van der Waals surface area (Å²) in [6, 6.07) is 0. The van der Waals surface area contributed by atoms with E-state index in [0.717, 1.165) is 6.42 Å². The Morgan fingerprint density at radius 3 is 2.29 bits per heavy atom. The smallest absolute Gasteiger partial charge is 0.331 e. The molecule has 1 fully saturated rings. The van der Waals surface area contributed by atoms with E-state index < -0.39 is 11.9 Å². The van der Waals surface area contributed by atoms with Crippen molar-refractivity contribution in [1.29, 1.82) is 0 Å². The van der Waals surface area contributed by atoms with Crippen molar-refractivity contribution in [3.05, 3.63) is 11.6 Å². The fourth-order valence-corrected chi connectivity index (χ4v) is 2.34. The molecule has 0 aromatic heterocycles. The third kappa shape index (κ3) is 5.52. The average Bonchev–Trinajstić information content (AvgIpc) is 2.29. The molecule has 1 aliphatic carbocycles. The van der Waals surface area contributed by atoms with Crippen LogP contribution in [0.2, 0.25) is 0 Å². The molecule has 0 unspecified atom stereocenters. The van der Waals surface area contributed by atoms with Gasteiger partial charge in [-0.25, -0.2) is 4.79 Å². The fourth-order valence-electron chi connectivity index (χ4n) is 2.34. The van der Waals surface area contributed by atoms with Crippen molar-refractivity contribution < 1.29 is 19.8 Å². The number of hydrogen-bond donors (Lipinski definition) is 2. The Hall–Kier alpha value is -1.32. The molecule has 0 saturated heterocycles. The van der Waals surface area contributed by atoms with E-state index in [9.17, 15) is 9.59 Å². The van der Waals surface area contributed by atoms with Crippen LogP contribution in [0.4, 0.5) is 0 Å². The first-order chi connectivity index (χ1) is 8.09. The Morgan fingerprint density at radius 2 is 1.76 bits per heavy atom. The van der Waals surface area contributed by atoms with E-state index in [2.05, 4.69) is 0 Å². The van der Waals surface area contributed by atoms with Crippen molar-refractivity contribution in [2.45, 2.75) is 51.4 Å². The van der Waals surface area contributed by atoms with Crippen molar-refractivity contribution in [2.75, 3.05) is 0 Å². The van der Waals surface area contributed by atoms with Gasteiger partial charge in [0.15, 0.2) is 0 Å². The maximum Gasteiger partial charge on any atom is 0.331 e. The van der Waals surface area contributed by atoms with E-state index in [-0.39, 0.29) is 12.0 Å². The molecule has 4 nitrogen and oxygen atoms in total. The minimum absolute atomic E-state index is 0.202. The number of carboxylic acid groups (broad SMARTS) is 2. The molecule has 1 aliphatic rings. The van der Waals surface area contributed by atoms with Gasteiger partial charge in [0.2, 0.25) is 0 Å². The zero-order chi connectivity index (χ0) is 12.7. The summed E-state index contributed by atoms with van der Waals surface area (Å²) in [5, 5.41) is 17.5. The van der Waals surface area contributed by atoms with Crippen LogP contribution in [0, 0.1) is 5.92 Å². The van der Waals surface area contributed by atoms with Gasteiger partial charge in [-0.05, 0) is 18.8 Å². The minimum atomic E-state index is -0.985. The van der Waals surface area contributed by atoms with Crippen molar-refractivity contribution in [3.8, 4) is 0 Å². The van der Waals surface area contributed by atoms with Crippen LogP contribution in [0.25, 0.3) is 0 Å². The summed E-state index contributed by atoms with van der Waals surface area (Å²) < 4.78 is 0. The van der Waals surface area contributed by atoms with E-state index in [4.69, 9.17) is 10.2 Å². The topological polar surface area (TPSA) is 74.6 Å². The van der Waals surface area contributed by atoms with Crippen molar-refractivity contribution in [3.63, 3.8) is 0 Å². The summed E-state index contributed by atoms with van der Waals surface area (Å²) in [6.07, 6.45) is 8.64. The van der Waals surface area contributed by atoms with Crippen LogP contribution in [0.3, 0.4) is 0 Å². The SMILES string of the molecule is O=C(O)C/C=C(/CCC1CCCCC1)C(=O)O. The normalized spacial score (nSPS) is 18.0. The highest BCUT2D eigenvalue weighted by Crippen LogP contribution is 2.28. The van der Waals surface area contributed by atoms with Crippen molar-refractivity contribution >= 4 is 11.9 Å². The minimum Gasteiger partial charge on any atom is -0.481 e. The summed E-state index contributed by atoms with van der Waals surface area (Å²) >= 11 is 0. The van der Waals surface area contributed by atoms with E-state index in [1.165, 1.54) is 38.2 Å². The standard InChI is InChI=1S/C13H20O4/c14-12(15)9-8-11(13(16)17)7-6-10-4-2-1-3-5-10/h8,10H,1-7,9H2,(H,14,15)(H,16,17)/b11-8-. The molecule has 0 heterocycles. The molecular weight excluding hydrogens is 220 g/mol. The first-order valence-corrected chi connectivity index (χ1v) is 6.23. The molecule has 17 heavy (non-hydrogen) atoms. The van der Waals surface area contributed by atoms with Crippen molar-refractivity contribution in [1.82, 2.24) is 0 Å². The summed E-state index contributed by atoms with van der Waals surface area (Å²) in [5.74, 6) is -1.35. The van der Waals surface area contributed by atoms with Gasteiger partial charge in [-0.15, -0.1) is 0 Å². The van der Waals surface area contributed by atoms with Crippen LogP contribution in [-0.4, -0.2) is 22.2 Å². The quantitative estimate of drug-likeness (QED) is 0.700. The van der Waals surface area contributed by atoms with Gasteiger partial charge in [-0.1, -0.05) is 38.2 Å². The molecule has 4 heteroatoms. The molecule has 96 valence electrons. The van der Waals surface area contributed by atoms with Crippen LogP contribution in [0.5, 0.6) is 0 Å². The first kappa shape index (κ1) is 13.7. The van der Waals surface area contributed by atoms with Gasteiger partial charge in [0.25, 0.3) is 0 Å². The van der Waals surface area contributed by atoms with E-state index >= 15 is 0 Å². The number of aliphatic carboxylic acids is 2. The lowest BCUT2D eigenvalue weighted by molar-refractivity contribution is -0.136. The zero-order valence-electron chi connectivity index (χ0n) is 10.0. The van der Waals surface area contributed by atoms with Gasteiger partial charge in [0, 0.05) is 5.57 Å². The number of carbonyl (C=O) groups is 2. The number of carboxylic acids is 2. The lowest BCUT2D eigenvalue weighted by atomic mass is 9.85. The molecule has 0 amide bonds. The Kier molecular flexibility index (Phi) is 5.73. The van der Waals surface area contributed by atoms with Gasteiger partial charge >= 0.3 is 11.9 Å². The predicted molar refractivity (Wildman–Crippen MR) is 63.8 cm³/mol. The van der Waals surface area contributed by atoms with Crippen LogP contribution >= 0.6 is 0 Å². The molecule has 1 saturated carbocycles. The largest absolute Gasteiger partial charge is 0.481 e. The highest BCUT2D eigenvalue weighted by molar-refractivity contribution is 5.87. The lowest BCUT2D eigenvalue weighted by Gasteiger charge is -2.21. The predicted octanol–water partition coefficient (Wildman–Crippen LogP) is 2.83. The van der Waals surface area contributed by atoms with Gasteiger partial charge in [0.05, 0.1) is 6.42 Å². The Morgan fingerprint density at radius 1 is 1.12 bits per heavy atom.